The minimum atomic E-state index is 0.551. The van der Waals surface area contributed by atoms with E-state index in [1.54, 1.807) is 0 Å². The molecular weight excluding hydrogens is 184 g/mol. The van der Waals surface area contributed by atoms with Crippen LogP contribution in [0.25, 0.3) is 0 Å². The Morgan fingerprint density at radius 1 is 1.27 bits per heavy atom. The molecule has 1 fully saturated rings. The zero-order valence-electron chi connectivity index (χ0n) is 9.02. The number of fused-ring (bicyclic) bond motifs is 1. The van der Waals surface area contributed by atoms with E-state index in [-0.39, 0.29) is 0 Å². The van der Waals surface area contributed by atoms with Gasteiger partial charge in [0.2, 0.25) is 0 Å². The summed E-state index contributed by atoms with van der Waals surface area (Å²) < 4.78 is 0. The third-order valence-electron chi connectivity index (χ3n) is 3.67. The fraction of sp³-hybridized carbons (Fsp3) is 0.538. The summed E-state index contributed by atoms with van der Waals surface area (Å²) in [5.41, 5.74) is 8.85. The summed E-state index contributed by atoms with van der Waals surface area (Å²) in [6.07, 6.45) is 2.78. The predicted octanol–water partition coefficient (Wildman–Crippen LogP) is 1.71. The SMILES string of the molecule is NCC1CN(C2CC2)Cc2ccccc21. The zero-order chi connectivity index (χ0) is 10.3. The molecule has 1 unspecified atom stereocenters. The van der Waals surface area contributed by atoms with Gasteiger partial charge >= 0.3 is 0 Å². The first kappa shape index (κ1) is 9.37. The Hall–Kier alpha value is -0.860. The lowest BCUT2D eigenvalue weighted by Gasteiger charge is -2.34. The smallest absolute Gasteiger partial charge is 0.0239 e. The van der Waals surface area contributed by atoms with Crippen molar-refractivity contribution in [2.75, 3.05) is 13.1 Å². The van der Waals surface area contributed by atoms with E-state index in [2.05, 4.69) is 29.2 Å². The van der Waals surface area contributed by atoms with Crippen molar-refractivity contribution in [1.82, 2.24) is 4.90 Å². The molecule has 3 rings (SSSR count). The van der Waals surface area contributed by atoms with Gasteiger partial charge < -0.3 is 5.73 Å². The molecule has 0 radical (unpaired) electrons. The van der Waals surface area contributed by atoms with Gasteiger partial charge in [0.25, 0.3) is 0 Å². The fourth-order valence-corrected chi connectivity index (χ4v) is 2.66. The average Bonchev–Trinajstić information content (AvgIpc) is 3.11. The van der Waals surface area contributed by atoms with Crippen LogP contribution in [0.4, 0.5) is 0 Å². The number of benzene rings is 1. The highest BCUT2D eigenvalue weighted by Crippen LogP contribution is 2.35. The van der Waals surface area contributed by atoms with Gasteiger partial charge in [-0.2, -0.15) is 0 Å². The third-order valence-corrected chi connectivity index (χ3v) is 3.67. The summed E-state index contributed by atoms with van der Waals surface area (Å²) in [5.74, 6) is 0.551. The molecule has 2 N–H and O–H groups in total. The second kappa shape index (κ2) is 3.62. The number of nitrogens with two attached hydrogens (primary N) is 1. The van der Waals surface area contributed by atoms with Gasteiger partial charge in [0.1, 0.15) is 0 Å². The molecule has 1 aromatic rings. The molecule has 1 aliphatic carbocycles. The van der Waals surface area contributed by atoms with Crippen LogP contribution in [0, 0.1) is 0 Å². The van der Waals surface area contributed by atoms with Gasteiger partial charge in [0.05, 0.1) is 0 Å². The molecule has 0 amide bonds. The molecule has 0 saturated heterocycles. The Kier molecular flexibility index (Phi) is 2.26. The molecular formula is C13H18N2. The number of hydrogen-bond acceptors (Lipinski definition) is 2. The van der Waals surface area contributed by atoms with Crippen molar-refractivity contribution in [2.24, 2.45) is 5.73 Å². The first-order valence-corrected chi connectivity index (χ1v) is 5.90. The summed E-state index contributed by atoms with van der Waals surface area (Å²) in [7, 11) is 0. The van der Waals surface area contributed by atoms with E-state index in [4.69, 9.17) is 5.73 Å². The Morgan fingerprint density at radius 3 is 2.80 bits per heavy atom. The predicted molar refractivity (Wildman–Crippen MR) is 61.7 cm³/mol. The van der Waals surface area contributed by atoms with E-state index in [1.165, 1.54) is 24.0 Å². The first-order chi connectivity index (χ1) is 7.38. The Bertz CT molecular complexity index is 357. The van der Waals surface area contributed by atoms with Crippen LogP contribution in [0.2, 0.25) is 0 Å². The van der Waals surface area contributed by atoms with E-state index >= 15 is 0 Å². The monoisotopic (exact) mass is 202 g/mol. The van der Waals surface area contributed by atoms with Crippen LogP contribution in [-0.4, -0.2) is 24.0 Å². The van der Waals surface area contributed by atoms with Crippen molar-refractivity contribution >= 4 is 0 Å². The summed E-state index contributed by atoms with van der Waals surface area (Å²) in [4.78, 5) is 2.61. The van der Waals surface area contributed by atoms with Crippen molar-refractivity contribution in [2.45, 2.75) is 31.3 Å². The van der Waals surface area contributed by atoms with Crippen molar-refractivity contribution in [3.8, 4) is 0 Å². The molecule has 2 heteroatoms. The van der Waals surface area contributed by atoms with Crippen LogP contribution >= 0.6 is 0 Å². The molecule has 2 nitrogen and oxygen atoms in total. The summed E-state index contributed by atoms with van der Waals surface area (Å²) in [5, 5.41) is 0. The van der Waals surface area contributed by atoms with E-state index < -0.39 is 0 Å². The largest absolute Gasteiger partial charge is 0.330 e. The standard InChI is InChI=1S/C13H18N2/c14-7-11-9-15(12-5-6-12)8-10-3-1-2-4-13(10)11/h1-4,11-12H,5-9,14H2. The van der Waals surface area contributed by atoms with Gasteiger partial charge in [0, 0.05) is 31.6 Å². The van der Waals surface area contributed by atoms with Crippen molar-refractivity contribution in [3.63, 3.8) is 0 Å². The van der Waals surface area contributed by atoms with Gasteiger partial charge in [0.15, 0.2) is 0 Å². The highest BCUT2D eigenvalue weighted by molar-refractivity contribution is 5.33. The minimum Gasteiger partial charge on any atom is -0.330 e. The Morgan fingerprint density at radius 2 is 2.07 bits per heavy atom. The highest BCUT2D eigenvalue weighted by atomic mass is 15.2. The van der Waals surface area contributed by atoms with Gasteiger partial charge in [-0.3, -0.25) is 4.90 Å². The second-order valence-corrected chi connectivity index (χ2v) is 4.79. The molecule has 2 aliphatic rings. The van der Waals surface area contributed by atoms with E-state index in [9.17, 15) is 0 Å². The average molecular weight is 202 g/mol. The van der Waals surface area contributed by atoms with Crippen LogP contribution in [0.15, 0.2) is 24.3 Å². The normalized spacial score (nSPS) is 26.3. The van der Waals surface area contributed by atoms with Crippen LogP contribution < -0.4 is 5.73 Å². The number of hydrogen-bond donors (Lipinski definition) is 1. The Labute approximate surface area is 91.1 Å². The van der Waals surface area contributed by atoms with Gasteiger partial charge in [-0.1, -0.05) is 24.3 Å². The van der Waals surface area contributed by atoms with Crippen LogP contribution in [0.5, 0.6) is 0 Å². The molecule has 80 valence electrons. The summed E-state index contributed by atoms with van der Waals surface area (Å²) >= 11 is 0. The molecule has 0 bridgehead atoms. The summed E-state index contributed by atoms with van der Waals surface area (Å²) in [6.45, 7) is 3.08. The summed E-state index contributed by atoms with van der Waals surface area (Å²) in [6, 6.07) is 9.63. The second-order valence-electron chi connectivity index (χ2n) is 4.79. The van der Waals surface area contributed by atoms with E-state index in [0.717, 1.165) is 25.7 Å². The van der Waals surface area contributed by atoms with Gasteiger partial charge in [-0.15, -0.1) is 0 Å². The first-order valence-electron chi connectivity index (χ1n) is 5.90. The minimum absolute atomic E-state index is 0.551. The lowest BCUT2D eigenvalue weighted by molar-refractivity contribution is 0.221. The van der Waals surface area contributed by atoms with Gasteiger partial charge in [-0.05, 0) is 24.0 Å². The van der Waals surface area contributed by atoms with Crippen molar-refractivity contribution < 1.29 is 0 Å². The topological polar surface area (TPSA) is 29.3 Å². The zero-order valence-corrected chi connectivity index (χ0v) is 9.02. The van der Waals surface area contributed by atoms with Crippen LogP contribution in [0.1, 0.15) is 29.9 Å². The van der Waals surface area contributed by atoms with Crippen LogP contribution in [0.3, 0.4) is 0 Å². The van der Waals surface area contributed by atoms with E-state index in [0.29, 0.717) is 5.92 Å². The quantitative estimate of drug-likeness (QED) is 0.791. The molecule has 1 heterocycles. The third kappa shape index (κ3) is 1.68. The number of rotatable bonds is 2. The lowest BCUT2D eigenvalue weighted by Crippen LogP contribution is -2.37. The maximum Gasteiger partial charge on any atom is 0.0239 e. The molecule has 1 aliphatic heterocycles. The van der Waals surface area contributed by atoms with Crippen molar-refractivity contribution in [1.29, 1.82) is 0 Å². The van der Waals surface area contributed by atoms with Crippen LogP contribution in [-0.2, 0) is 6.54 Å². The molecule has 0 aromatic heterocycles. The molecule has 0 spiro atoms. The molecule has 1 saturated carbocycles. The Balaban J connectivity index is 1.91. The molecule has 1 atom stereocenters. The lowest BCUT2D eigenvalue weighted by atomic mass is 9.90. The highest BCUT2D eigenvalue weighted by Gasteiger charge is 2.34. The maximum absolute atomic E-state index is 5.87. The van der Waals surface area contributed by atoms with E-state index in [1.807, 2.05) is 0 Å². The maximum atomic E-state index is 5.87. The molecule has 15 heavy (non-hydrogen) atoms. The van der Waals surface area contributed by atoms with Gasteiger partial charge in [-0.25, -0.2) is 0 Å². The fourth-order valence-electron chi connectivity index (χ4n) is 2.66. The molecule has 1 aromatic carbocycles. The number of nitrogens with zero attached hydrogens (tertiary/aromatic N) is 1. The van der Waals surface area contributed by atoms with Crippen molar-refractivity contribution in [3.05, 3.63) is 35.4 Å².